The summed E-state index contributed by atoms with van der Waals surface area (Å²) in [6.07, 6.45) is 0. The molecule has 0 N–H and O–H groups in total. The van der Waals surface area contributed by atoms with Gasteiger partial charge in [0, 0.05) is 5.56 Å². The molecule has 0 amide bonds. The van der Waals surface area contributed by atoms with Gasteiger partial charge in [-0.2, -0.15) is 5.26 Å². The second-order valence-corrected chi connectivity index (χ2v) is 3.17. The highest BCUT2D eigenvalue weighted by atomic mass is 19.2. The fourth-order valence-corrected chi connectivity index (χ4v) is 1.15. The molecule has 0 heterocycles. The fourth-order valence-electron chi connectivity index (χ4n) is 1.15. The van der Waals surface area contributed by atoms with Crippen LogP contribution in [0.3, 0.4) is 0 Å². The van der Waals surface area contributed by atoms with Crippen LogP contribution in [0.5, 0.6) is 0 Å². The Hall–Kier alpha value is -2.09. The lowest BCUT2D eigenvalue weighted by atomic mass is 9.96. The number of carbonyl (C=O) groups is 2. The SMILES string of the molecule is CC(=O)C(C#N)C(=O)c1ccc(F)c(F)c1. The molecule has 0 aromatic heterocycles. The number of nitriles is 1. The second kappa shape index (κ2) is 4.62. The summed E-state index contributed by atoms with van der Waals surface area (Å²) in [7, 11) is 0. The maximum atomic E-state index is 12.8. The molecule has 1 aromatic rings. The minimum atomic E-state index is -1.47. The van der Waals surface area contributed by atoms with Crippen molar-refractivity contribution >= 4 is 11.6 Å². The molecule has 0 radical (unpaired) electrons. The van der Waals surface area contributed by atoms with Crippen molar-refractivity contribution in [1.82, 2.24) is 0 Å². The molecule has 1 rings (SSSR count). The van der Waals surface area contributed by atoms with Gasteiger partial charge in [-0.3, -0.25) is 9.59 Å². The number of rotatable bonds is 3. The molecule has 1 atom stereocenters. The normalized spacial score (nSPS) is 11.6. The zero-order valence-electron chi connectivity index (χ0n) is 8.33. The molecular formula is C11H7F2NO2. The van der Waals surface area contributed by atoms with Crippen molar-refractivity contribution in [1.29, 1.82) is 5.26 Å². The smallest absolute Gasteiger partial charge is 0.187 e. The minimum Gasteiger partial charge on any atom is -0.298 e. The van der Waals surface area contributed by atoms with Crippen LogP contribution in [-0.4, -0.2) is 11.6 Å². The van der Waals surface area contributed by atoms with E-state index in [1.165, 1.54) is 6.07 Å². The van der Waals surface area contributed by atoms with Crippen molar-refractivity contribution < 1.29 is 18.4 Å². The molecule has 0 spiro atoms. The summed E-state index contributed by atoms with van der Waals surface area (Å²) in [4.78, 5) is 22.5. The Labute approximate surface area is 90.3 Å². The highest BCUT2D eigenvalue weighted by molar-refractivity contribution is 6.12. The fraction of sp³-hybridized carbons (Fsp3) is 0.182. The van der Waals surface area contributed by atoms with Crippen molar-refractivity contribution in [2.24, 2.45) is 5.92 Å². The van der Waals surface area contributed by atoms with Crippen molar-refractivity contribution in [3.8, 4) is 6.07 Å². The van der Waals surface area contributed by atoms with Crippen molar-refractivity contribution in [3.63, 3.8) is 0 Å². The maximum Gasteiger partial charge on any atom is 0.187 e. The first-order valence-electron chi connectivity index (χ1n) is 4.36. The van der Waals surface area contributed by atoms with Crippen molar-refractivity contribution in [2.75, 3.05) is 0 Å². The molecule has 0 aliphatic rings. The van der Waals surface area contributed by atoms with Gasteiger partial charge in [-0.05, 0) is 25.1 Å². The largest absolute Gasteiger partial charge is 0.298 e. The van der Waals surface area contributed by atoms with E-state index < -0.39 is 29.1 Å². The number of benzene rings is 1. The quantitative estimate of drug-likeness (QED) is 0.580. The second-order valence-electron chi connectivity index (χ2n) is 3.17. The number of halogens is 2. The van der Waals surface area contributed by atoms with Gasteiger partial charge < -0.3 is 0 Å². The molecule has 0 bridgehead atoms. The molecule has 0 saturated carbocycles. The van der Waals surface area contributed by atoms with E-state index in [1.807, 2.05) is 0 Å². The summed E-state index contributed by atoms with van der Waals surface area (Å²) in [5, 5.41) is 8.59. The van der Waals surface area contributed by atoms with Crippen LogP contribution in [0.25, 0.3) is 0 Å². The van der Waals surface area contributed by atoms with Crippen molar-refractivity contribution in [2.45, 2.75) is 6.92 Å². The summed E-state index contributed by atoms with van der Waals surface area (Å²) >= 11 is 0. The van der Waals surface area contributed by atoms with Gasteiger partial charge in [-0.25, -0.2) is 8.78 Å². The lowest BCUT2D eigenvalue weighted by Crippen LogP contribution is -2.20. The Balaban J connectivity index is 3.10. The van der Waals surface area contributed by atoms with Gasteiger partial charge in [-0.1, -0.05) is 0 Å². The van der Waals surface area contributed by atoms with Crippen LogP contribution in [0.15, 0.2) is 18.2 Å². The lowest BCUT2D eigenvalue weighted by Gasteiger charge is -2.04. The molecule has 5 heteroatoms. The standard InChI is InChI=1S/C11H7F2NO2/c1-6(15)8(5-14)11(16)7-2-3-9(12)10(13)4-7/h2-4,8H,1H3. The van der Waals surface area contributed by atoms with Crippen LogP contribution in [0.1, 0.15) is 17.3 Å². The molecule has 82 valence electrons. The third-order valence-corrected chi connectivity index (χ3v) is 2.00. The summed E-state index contributed by atoms with van der Waals surface area (Å²) < 4.78 is 25.4. The zero-order valence-corrected chi connectivity index (χ0v) is 8.33. The predicted octanol–water partition coefficient (Wildman–Crippen LogP) is 1.88. The minimum absolute atomic E-state index is 0.194. The van der Waals surface area contributed by atoms with E-state index in [1.54, 1.807) is 0 Å². The summed E-state index contributed by atoms with van der Waals surface area (Å²) in [5.41, 5.74) is -0.194. The van der Waals surface area contributed by atoms with Gasteiger partial charge >= 0.3 is 0 Å². The number of nitrogens with zero attached hydrogens (tertiary/aromatic N) is 1. The lowest BCUT2D eigenvalue weighted by molar-refractivity contribution is -0.118. The van der Waals surface area contributed by atoms with Crippen molar-refractivity contribution in [3.05, 3.63) is 35.4 Å². The summed E-state index contributed by atoms with van der Waals surface area (Å²) in [6, 6.07) is 4.00. The predicted molar refractivity (Wildman–Crippen MR) is 50.5 cm³/mol. The molecule has 1 aromatic carbocycles. The van der Waals surface area contributed by atoms with Crippen LogP contribution < -0.4 is 0 Å². The first-order chi connectivity index (χ1) is 7.47. The Morgan fingerprint density at radius 1 is 1.31 bits per heavy atom. The van der Waals surface area contributed by atoms with E-state index in [4.69, 9.17) is 5.26 Å². The van der Waals surface area contributed by atoms with E-state index in [9.17, 15) is 18.4 Å². The molecule has 0 fully saturated rings. The number of Topliss-reactive ketones (excluding diaryl/α,β-unsaturated/α-hetero) is 2. The molecular weight excluding hydrogens is 216 g/mol. The number of hydrogen-bond acceptors (Lipinski definition) is 3. The average Bonchev–Trinajstić information content (AvgIpc) is 2.22. The van der Waals surface area contributed by atoms with E-state index in [2.05, 4.69) is 0 Å². The first kappa shape index (κ1) is 12.0. The molecule has 3 nitrogen and oxygen atoms in total. The summed E-state index contributed by atoms with van der Waals surface area (Å²) in [5.74, 6) is -5.20. The highest BCUT2D eigenvalue weighted by Gasteiger charge is 2.24. The average molecular weight is 223 g/mol. The Kier molecular flexibility index (Phi) is 3.46. The molecule has 0 aliphatic heterocycles. The molecule has 0 saturated heterocycles. The third kappa shape index (κ3) is 2.28. The Morgan fingerprint density at radius 2 is 1.94 bits per heavy atom. The number of ketones is 2. The highest BCUT2D eigenvalue weighted by Crippen LogP contribution is 2.13. The van der Waals surface area contributed by atoms with Crippen LogP contribution in [0.2, 0.25) is 0 Å². The first-order valence-corrected chi connectivity index (χ1v) is 4.36. The third-order valence-electron chi connectivity index (χ3n) is 2.00. The number of hydrogen-bond donors (Lipinski definition) is 0. The Bertz CT molecular complexity index is 491. The molecule has 1 unspecified atom stereocenters. The molecule has 16 heavy (non-hydrogen) atoms. The van der Waals surface area contributed by atoms with Crippen LogP contribution in [0, 0.1) is 28.9 Å². The van der Waals surface area contributed by atoms with Gasteiger partial charge in [-0.15, -0.1) is 0 Å². The van der Waals surface area contributed by atoms with Gasteiger partial charge in [0.25, 0.3) is 0 Å². The topological polar surface area (TPSA) is 57.9 Å². The zero-order chi connectivity index (χ0) is 12.3. The molecule has 0 aliphatic carbocycles. The van der Waals surface area contributed by atoms with Gasteiger partial charge in [0.15, 0.2) is 29.1 Å². The maximum absolute atomic E-state index is 12.8. The van der Waals surface area contributed by atoms with E-state index in [0.717, 1.165) is 19.1 Å². The van der Waals surface area contributed by atoms with Gasteiger partial charge in [0.05, 0.1) is 6.07 Å². The van der Waals surface area contributed by atoms with Gasteiger partial charge in [0.2, 0.25) is 0 Å². The van der Waals surface area contributed by atoms with Crippen LogP contribution in [0.4, 0.5) is 8.78 Å². The van der Waals surface area contributed by atoms with E-state index in [-0.39, 0.29) is 5.56 Å². The monoisotopic (exact) mass is 223 g/mol. The van der Waals surface area contributed by atoms with Crippen LogP contribution >= 0.6 is 0 Å². The summed E-state index contributed by atoms with van der Waals surface area (Å²) in [6.45, 7) is 1.09. The van der Waals surface area contributed by atoms with E-state index >= 15 is 0 Å². The Morgan fingerprint density at radius 3 is 2.38 bits per heavy atom. The number of carbonyl (C=O) groups excluding carboxylic acids is 2. The van der Waals surface area contributed by atoms with Gasteiger partial charge in [0.1, 0.15) is 0 Å². The van der Waals surface area contributed by atoms with E-state index in [0.29, 0.717) is 6.07 Å². The van der Waals surface area contributed by atoms with Crippen LogP contribution in [-0.2, 0) is 4.79 Å².